The molecule has 1 fully saturated rings. The molecule has 0 bridgehead atoms. The maximum absolute atomic E-state index is 12.2. The molecule has 1 aromatic carbocycles. The number of carbonyl (C=O) groups is 1. The van der Waals surface area contributed by atoms with Gasteiger partial charge in [-0.2, -0.15) is 0 Å². The monoisotopic (exact) mass is 291 g/mol. The average Bonchev–Trinajstić information content (AvgIpc) is 2.86. The molecule has 21 heavy (non-hydrogen) atoms. The first kappa shape index (κ1) is 15.8. The van der Waals surface area contributed by atoms with Crippen molar-refractivity contribution < 1.29 is 14.6 Å². The minimum atomic E-state index is -0.542. The first-order valence-electron chi connectivity index (χ1n) is 7.59. The highest BCUT2D eigenvalue weighted by Crippen LogP contribution is 2.28. The summed E-state index contributed by atoms with van der Waals surface area (Å²) in [6.07, 6.45) is 1.63. The molecule has 0 radical (unpaired) electrons. The molecule has 2 unspecified atom stereocenters. The third kappa shape index (κ3) is 4.46. The summed E-state index contributed by atoms with van der Waals surface area (Å²) >= 11 is 0. The number of benzene rings is 1. The number of amides is 1. The van der Waals surface area contributed by atoms with E-state index < -0.39 is 11.7 Å². The first-order valence-corrected chi connectivity index (χ1v) is 7.59. The van der Waals surface area contributed by atoms with Crippen molar-refractivity contribution in [2.45, 2.75) is 57.8 Å². The predicted octanol–water partition coefficient (Wildman–Crippen LogP) is 3.51. The summed E-state index contributed by atoms with van der Waals surface area (Å²) in [5, 5.41) is 10.3. The van der Waals surface area contributed by atoms with Gasteiger partial charge in [0.2, 0.25) is 0 Å². The molecule has 1 aliphatic heterocycles. The number of hydrogen-bond donors (Lipinski definition) is 1. The van der Waals surface area contributed by atoms with Crippen LogP contribution in [0.4, 0.5) is 4.79 Å². The lowest BCUT2D eigenvalue weighted by Crippen LogP contribution is -2.40. The van der Waals surface area contributed by atoms with Gasteiger partial charge in [-0.05, 0) is 45.6 Å². The molecule has 0 spiro atoms. The summed E-state index contributed by atoms with van der Waals surface area (Å²) in [4.78, 5) is 14.0. The molecule has 0 aliphatic carbocycles. The van der Waals surface area contributed by atoms with E-state index in [0.717, 1.165) is 18.4 Å². The van der Waals surface area contributed by atoms with Crippen molar-refractivity contribution in [3.63, 3.8) is 0 Å². The van der Waals surface area contributed by atoms with Gasteiger partial charge in [-0.1, -0.05) is 30.3 Å². The Bertz CT molecular complexity index is 467. The van der Waals surface area contributed by atoms with E-state index in [1.54, 1.807) is 4.90 Å². The fraction of sp³-hybridized carbons (Fsp3) is 0.588. The number of rotatable bonds is 3. The quantitative estimate of drug-likeness (QED) is 0.927. The Morgan fingerprint density at radius 3 is 2.67 bits per heavy atom. The maximum Gasteiger partial charge on any atom is 0.410 e. The Labute approximate surface area is 126 Å². The van der Waals surface area contributed by atoms with Crippen LogP contribution in [0.1, 0.15) is 51.7 Å². The predicted molar refractivity (Wildman–Crippen MR) is 82.0 cm³/mol. The number of nitrogens with zero attached hydrogens (tertiary/aromatic N) is 1. The lowest BCUT2D eigenvalue weighted by molar-refractivity contribution is 0.0178. The van der Waals surface area contributed by atoms with E-state index in [4.69, 9.17) is 4.74 Å². The molecular weight excluding hydrogens is 266 g/mol. The van der Waals surface area contributed by atoms with Crippen molar-refractivity contribution in [2.75, 3.05) is 6.54 Å². The van der Waals surface area contributed by atoms with Gasteiger partial charge in [0.15, 0.2) is 0 Å². The molecule has 1 aliphatic rings. The van der Waals surface area contributed by atoms with E-state index in [1.165, 1.54) is 0 Å². The summed E-state index contributed by atoms with van der Waals surface area (Å²) in [6.45, 7) is 6.32. The van der Waals surface area contributed by atoms with Crippen molar-refractivity contribution in [3.8, 4) is 0 Å². The fourth-order valence-corrected chi connectivity index (χ4v) is 2.71. The molecule has 0 saturated carbocycles. The Morgan fingerprint density at radius 2 is 2.05 bits per heavy atom. The van der Waals surface area contributed by atoms with Crippen LogP contribution in [0.15, 0.2) is 30.3 Å². The van der Waals surface area contributed by atoms with Crippen LogP contribution in [0.3, 0.4) is 0 Å². The molecule has 116 valence electrons. The van der Waals surface area contributed by atoms with Crippen molar-refractivity contribution in [2.24, 2.45) is 0 Å². The summed E-state index contributed by atoms with van der Waals surface area (Å²) in [5.41, 5.74) is 0.413. The van der Waals surface area contributed by atoms with Gasteiger partial charge in [-0.3, -0.25) is 0 Å². The first-order chi connectivity index (χ1) is 9.87. The molecule has 2 rings (SSSR count). The van der Waals surface area contributed by atoms with Crippen molar-refractivity contribution in [1.82, 2.24) is 4.90 Å². The molecule has 1 amide bonds. The van der Waals surface area contributed by atoms with Crippen LogP contribution >= 0.6 is 0 Å². The number of aliphatic hydroxyl groups is 1. The maximum atomic E-state index is 12.2. The highest BCUT2D eigenvalue weighted by atomic mass is 16.6. The second kappa shape index (κ2) is 6.48. The van der Waals surface area contributed by atoms with Gasteiger partial charge in [-0.15, -0.1) is 0 Å². The molecule has 2 atom stereocenters. The summed E-state index contributed by atoms with van der Waals surface area (Å²) in [5.74, 6) is 0. The number of hydrogen-bond acceptors (Lipinski definition) is 3. The molecular formula is C17H25NO3. The standard InChI is InChI=1S/C17H25NO3/c1-17(2,3)21-16(20)18-11-7-10-14(18)12-15(19)13-8-5-4-6-9-13/h4-6,8-9,14-15,19H,7,10-12H2,1-3H3. The van der Waals surface area contributed by atoms with Crippen LogP contribution in [0.2, 0.25) is 0 Å². The number of carbonyl (C=O) groups excluding carboxylic acids is 1. The minimum absolute atomic E-state index is 0.0510. The van der Waals surface area contributed by atoms with Gasteiger partial charge in [-0.25, -0.2) is 4.79 Å². The highest BCUT2D eigenvalue weighted by Gasteiger charge is 2.33. The number of likely N-dealkylation sites (tertiary alicyclic amines) is 1. The Morgan fingerprint density at radius 1 is 1.38 bits per heavy atom. The molecule has 4 heteroatoms. The SMILES string of the molecule is CC(C)(C)OC(=O)N1CCCC1CC(O)c1ccccc1. The third-order valence-corrected chi connectivity index (χ3v) is 3.68. The fourth-order valence-electron chi connectivity index (χ4n) is 2.71. The van der Waals surface area contributed by atoms with Gasteiger partial charge < -0.3 is 14.7 Å². The molecule has 1 heterocycles. The van der Waals surface area contributed by atoms with Gasteiger partial charge in [0.25, 0.3) is 0 Å². The van der Waals surface area contributed by atoms with Gasteiger partial charge >= 0.3 is 6.09 Å². The van der Waals surface area contributed by atoms with E-state index in [2.05, 4.69) is 0 Å². The second-order valence-electron chi connectivity index (χ2n) is 6.63. The van der Waals surface area contributed by atoms with Crippen molar-refractivity contribution in [1.29, 1.82) is 0 Å². The van der Waals surface area contributed by atoms with Gasteiger partial charge in [0.1, 0.15) is 5.60 Å². The van der Waals surface area contributed by atoms with Crippen LogP contribution in [0.25, 0.3) is 0 Å². The van der Waals surface area contributed by atoms with Gasteiger partial charge in [0, 0.05) is 12.6 Å². The van der Waals surface area contributed by atoms with Crippen LogP contribution in [-0.4, -0.2) is 34.3 Å². The van der Waals surface area contributed by atoms with Crippen molar-refractivity contribution in [3.05, 3.63) is 35.9 Å². The number of ether oxygens (including phenoxy) is 1. The Balaban J connectivity index is 1.97. The summed E-state index contributed by atoms with van der Waals surface area (Å²) in [6, 6.07) is 9.64. The van der Waals surface area contributed by atoms with Crippen LogP contribution in [-0.2, 0) is 4.74 Å². The Hall–Kier alpha value is -1.55. The van der Waals surface area contributed by atoms with E-state index in [9.17, 15) is 9.90 Å². The lowest BCUT2D eigenvalue weighted by Gasteiger charge is -2.29. The molecule has 1 saturated heterocycles. The van der Waals surface area contributed by atoms with Crippen molar-refractivity contribution >= 4 is 6.09 Å². The zero-order chi connectivity index (χ0) is 15.5. The minimum Gasteiger partial charge on any atom is -0.444 e. The third-order valence-electron chi connectivity index (χ3n) is 3.68. The van der Waals surface area contributed by atoms with Crippen LogP contribution < -0.4 is 0 Å². The second-order valence-corrected chi connectivity index (χ2v) is 6.63. The van der Waals surface area contributed by atoms with E-state index in [1.807, 2.05) is 51.1 Å². The zero-order valence-electron chi connectivity index (χ0n) is 13.1. The topological polar surface area (TPSA) is 49.8 Å². The summed E-state index contributed by atoms with van der Waals surface area (Å²) in [7, 11) is 0. The number of aliphatic hydroxyl groups excluding tert-OH is 1. The molecule has 1 N–H and O–H groups in total. The normalized spacial score (nSPS) is 20.4. The molecule has 0 aromatic heterocycles. The average molecular weight is 291 g/mol. The smallest absolute Gasteiger partial charge is 0.410 e. The Kier molecular flexibility index (Phi) is 4.88. The van der Waals surface area contributed by atoms with E-state index in [0.29, 0.717) is 13.0 Å². The van der Waals surface area contributed by atoms with E-state index in [-0.39, 0.29) is 12.1 Å². The zero-order valence-corrected chi connectivity index (χ0v) is 13.1. The van der Waals surface area contributed by atoms with Crippen LogP contribution in [0.5, 0.6) is 0 Å². The van der Waals surface area contributed by atoms with Crippen LogP contribution in [0, 0.1) is 0 Å². The molecule has 1 aromatic rings. The molecule has 4 nitrogen and oxygen atoms in total. The summed E-state index contributed by atoms with van der Waals surface area (Å²) < 4.78 is 5.44. The van der Waals surface area contributed by atoms with E-state index >= 15 is 0 Å². The largest absolute Gasteiger partial charge is 0.444 e. The van der Waals surface area contributed by atoms with Gasteiger partial charge in [0.05, 0.1) is 6.10 Å². The lowest BCUT2D eigenvalue weighted by atomic mass is 10.0. The highest BCUT2D eigenvalue weighted by molar-refractivity contribution is 5.68.